The summed E-state index contributed by atoms with van der Waals surface area (Å²) in [5.74, 6) is 4.63. The van der Waals surface area contributed by atoms with Crippen LogP contribution < -0.4 is 0 Å². The van der Waals surface area contributed by atoms with Crippen molar-refractivity contribution in [2.75, 3.05) is 6.61 Å². The lowest BCUT2D eigenvalue weighted by Crippen LogP contribution is -1.99. The van der Waals surface area contributed by atoms with Crippen molar-refractivity contribution in [3.8, 4) is 11.8 Å². The lowest BCUT2D eigenvalue weighted by Gasteiger charge is -2.01. The molecular weight excluding hydrogens is 250 g/mol. The van der Waals surface area contributed by atoms with Crippen LogP contribution >= 0.6 is 11.6 Å². The predicted molar refractivity (Wildman–Crippen MR) is 70.3 cm³/mol. The second-order valence-electron chi connectivity index (χ2n) is 3.48. The molecule has 0 aliphatic rings. The van der Waals surface area contributed by atoms with Gasteiger partial charge in [0.15, 0.2) is 0 Å². The maximum Gasteiger partial charge on any atom is 0.384 e. The van der Waals surface area contributed by atoms with Crippen LogP contribution in [-0.2, 0) is 9.53 Å². The Balaban J connectivity index is 2.46. The minimum atomic E-state index is -0.545. The molecule has 0 radical (unpaired) electrons. The van der Waals surface area contributed by atoms with Crippen LogP contribution in [0.1, 0.15) is 12.5 Å². The summed E-state index contributed by atoms with van der Waals surface area (Å²) in [6, 6.07) is 7.50. The van der Waals surface area contributed by atoms with Crippen molar-refractivity contribution in [3.63, 3.8) is 0 Å². The molecule has 0 saturated carbocycles. The maximum atomic E-state index is 11.2. The van der Waals surface area contributed by atoms with Crippen molar-refractivity contribution in [1.82, 2.24) is 4.98 Å². The van der Waals surface area contributed by atoms with E-state index in [9.17, 15) is 4.79 Å². The average Bonchev–Trinajstić information content (AvgIpc) is 2.39. The lowest BCUT2D eigenvalue weighted by atomic mass is 10.1. The van der Waals surface area contributed by atoms with Gasteiger partial charge in [-0.25, -0.2) is 9.78 Å². The molecule has 2 rings (SSSR count). The Hall–Kier alpha value is -2.05. The number of pyridine rings is 1. The number of hydrogen-bond donors (Lipinski definition) is 0. The van der Waals surface area contributed by atoms with Gasteiger partial charge in [-0.2, -0.15) is 0 Å². The molecule has 2 aromatic rings. The van der Waals surface area contributed by atoms with Crippen molar-refractivity contribution in [2.45, 2.75) is 6.92 Å². The molecule has 0 saturated heterocycles. The smallest absolute Gasteiger partial charge is 0.384 e. The largest absolute Gasteiger partial charge is 0.456 e. The van der Waals surface area contributed by atoms with Gasteiger partial charge < -0.3 is 4.74 Å². The zero-order chi connectivity index (χ0) is 13.0. The van der Waals surface area contributed by atoms with Crippen LogP contribution in [0.2, 0.25) is 5.15 Å². The summed E-state index contributed by atoms with van der Waals surface area (Å²) in [5, 5.41) is 2.11. The Bertz CT molecular complexity index is 656. The number of halogens is 1. The second kappa shape index (κ2) is 5.52. The van der Waals surface area contributed by atoms with Crippen molar-refractivity contribution in [1.29, 1.82) is 0 Å². The molecule has 1 aromatic heterocycles. The number of esters is 1. The topological polar surface area (TPSA) is 39.2 Å². The minimum Gasteiger partial charge on any atom is -0.456 e. The van der Waals surface area contributed by atoms with Gasteiger partial charge in [-0.3, -0.25) is 0 Å². The highest BCUT2D eigenvalue weighted by Crippen LogP contribution is 2.23. The molecular formula is C14H10ClNO2. The molecule has 18 heavy (non-hydrogen) atoms. The summed E-state index contributed by atoms with van der Waals surface area (Å²) < 4.78 is 4.74. The van der Waals surface area contributed by atoms with Crippen molar-refractivity contribution < 1.29 is 9.53 Å². The van der Waals surface area contributed by atoms with Crippen LogP contribution in [0.3, 0.4) is 0 Å². The zero-order valence-corrected chi connectivity index (χ0v) is 10.5. The van der Waals surface area contributed by atoms with Gasteiger partial charge in [0.2, 0.25) is 0 Å². The predicted octanol–water partition coefficient (Wildman–Crippen LogP) is 2.80. The first-order chi connectivity index (χ1) is 8.72. The molecule has 0 aliphatic heterocycles. The van der Waals surface area contributed by atoms with Crippen molar-refractivity contribution in [3.05, 3.63) is 41.2 Å². The van der Waals surface area contributed by atoms with Gasteiger partial charge in [0.25, 0.3) is 0 Å². The van der Waals surface area contributed by atoms with Crippen LogP contribution in [0.25, 0.3) is 10.8 Å². The minimum absolute atomic E-state index is 0.313. The fraction of sp³-hybridized carbons (Fsp3) is 0.143. The third-order valence-electron chi connectivity index (χ3n) is 2.32. The molecule has 1 aromatic carbocycles. The van der Waals surface area contributed by atoms with E-state index in [1.54, 1.807) is 13.1 Å². The molecule has 0 fully saturated rings. The number of ether oxygens (including phenoxy) is 1. The highest BCUT2D eigenvalue weighted by atomic mass is 35.5. The standard InChI is InChI=1S/C14H10ClNO2/c1-2-18-13(17)8-7-10-9-16-14(15)12-6-4-3-5-11(10)12/h3-6,9H,2H2,1H3. The summed E-state index contributed by atoms with van der Waals surface area (Å²) in [7, 11) is 0. The summed E-state index contributed by atoms with van der Waals surface area (Å²) >= 11 is 5.99. The van der Waals surface area contributed by atoms with Gasteiger partial charge in [0.05, 0.1) is 12.2 Å². The molecule has 0 unspecified atom stereocenters. The molecule has 4 heteroatoms. The monoisotopic (exact) mass is 259 g/mol. The molecule has 0 aliphatic carbocycles. The molecule has 0 amide bonds. The summed E-state index contributed by atoms with van der Waals surface area (Å²) in [5.41, 5.74) is 0.656. The van der Waals surface area contributed by atoms with Crippen molar-refractivity contribution in [2.24, 2.45) is 0 Å². The Morgan fingerprint density at radius 3 is 2.83 bits per heavy atom. The Labute approximate surface area is 110 Å². The highest BCUT2D eigenvalue weighted by Gasteiger charge is 2.03. The number of carbonyl (C=O) groups is 1. The molecule has 1 heterocycles. The van der Waals surface area contributed by atoms with E-state index in [0.29, 0.717) is 17.3 Å². The number of nitrogens with zero attached hydrogens (tertiary/aromatic N) is 1. The quantitative estimate of drug-likeness (QED) is 0.449. The average molecular weight is 260 g/mol. The molecule has 0 N–H and O–H groups in total. The number of rotatable bonds is 1. The van der Waals surface area contributed by atoms with E-state index < -0.39 is 5.97 Å². The molecule has 0 spiro atoms. The van der Waals surface area contributed by atoms with Crippen LogP contribution in [0.15, 0.2) is 30.5 Å². The van der Waals surface area contributed by atoms with Crippen LogP contribution in [-0.4, -0.2) is 17.6 Å². The normalized spacial score (nSPS) is 9.67. The summed E-state index contributed by atoms with van der Waals surface area (Å²) in [4.78, 5) is 15.2. The highest BCUT2D eigenvalue weighted by molar-refractivity contribution is 6.34. The number of hydrogen-bond acceptors (Lipinski definition) is 3. The lowest BCUT2D eigenvalue weighted by molar-refractivity contribution is -0.136. The van der Waals surface area contributed by atoms with E-state index in [0.717, 1.165) is 10.8 Å². The van der Waals surface area contributed by atoms with E-state index in [-0.39, 0.29) is 0 Å². The van der Waals surface area contributed by atoms with Gasteiger partial charge in [0, 0.05) is 22.9 Å². The number of aromatic nitrogens is 1. The Morgan fingerprint density at radius 1 is 1.39 bits per heavy atom. The number of carbonyl (C=O) groups excluding carboxylic acids is 1. The van der Waals surface area contributed by atoms with Gasteiger partial charge in [-0.05, 0) is 6.92 Å². The van der Waals surface area contributed by atoms with Gasteiger partial charge >= 0.3 is 5.97 Å². The first-order valence-electron chi connectivity index (χ1n) is 5.44. The fourth-order valence-corrected chi connectivity index (χ4v) is 1.76. The zero-order valence-electron chi connectivity index (χ0n) is 9.74. The van der Waals surface area contributed by atoms with E-state index >= 15 is 0 Å². The molecule has 0 bridgehead atoms. The van der Waals surface area contributed by atoms with Gasteiger partial charge in [-0.1, -0.05) is 41.8 Å². The molecule has 3 nitrogen and oxygen atoms in total. The van der Waals surface area contributed by atoms with E-state index in [4.69, 9.17) is 16.3 Å². The molecule has 0 atom stereocenters. The van der Waals surface area contributed by atoms with E-state index in [2.05, 4.69) is 16.8 Å². The van der Waals surface area contributed by atoms with E-state index in [1.807, 2.05) is 24.3 Å². The number of benzene rings is 1. The van der Waals surface area contributed by atoms with Gasteiger partial charge in [0.1, 0.15) is 5.15 Å². The van der Waals surface area contributed by atoms with Gasteiger partial charge in [-0.15, -0.1) is 0 Å². The molecule has 90 valence electrons. The van der Waals surface area contributed by atoms with Crippen LogP contribution in [0, 0.1) is 11.8 Å². The van der Waals surface area contributed by atoms with E-state index in [1.165, 1.54) is 0 Å². The van der Waals surface area contributed by atoms with Crippen LogP contribution in [0.4, 0.5) is 0 Å². The summed E-state index contributed by atoms with van der Waals surface area (Å²) in [6.45, 7) is 2.05. The van der Waals surface area contributed by atoms with Crippen molar-refractivity contribution >= 4 is 28.3 Å². The first-order valence-corrected chi connectivity index (χ1v) is 5.82. The maximum absolute atomic E-state index is 11.2. The summed E-state index contributed by atoms with van der Waals surface area (Å²) in [6.07, 6.45) is 1.55. The van der Waals surface area contributed by atoms with Crippen LogP contribution in [0.5, 0.6) is 0 Å². The first kappa shape index (κ1) is 12.4. The third-order valence-corrected chi connectivity index (χ3v) is 2.62. The second-order valence-corrected chi connectivity index (χ2v) is 3.84. The Morgan fingerprint density at radius 2 is 2.11 bits per heavy atom. The fourth-order valence-electron chi connectivity index (χ4n) is 1.54. The Kier molecular flexibility index (Phi) is 3.81. The SMILES string of the molecule is CCOC(=O)C#Cc1cnc(Cl)c2ccccc12. The third kappa shape index (κ3) is 2.61. The number of fused-ring (bicyclic) bond motifs is 1.